The van der Waals surface area contributed by atoms with Gasteiger partial charge < -0.3 is 10.0 Å². The van der Waals surface area contributed by atoms with Crippen LogP contribution in [-0.4, -0.2) is 35.1 Å². The van der Waals surface area contributed by atoms with E-state index < -0.39 is 0 Å². The van der Waals surface area contributed by atoms with Gasteiger partial charge in [-0.1, -0.05) is 31.0 Å². The molecule has 3 heteroatoms. The van der Waals surface area contributed by atoms with Gasteiger partial charge in [-0.25, -0.2) is 0 Å². The molecule has 0 radical (unpaired) electrons. The normalized spacial score (nSPS) is 22.6. The third-order valence-electron chi connectivity index (χ3n) is 4.51. The minimum atomic E-state index is -0.363. The maximum atomic E-state index is 12.4. The topological polar surface area (TPSA) is 40.5 Å². The molecule has 0 heterocycles. The molecular formula is C17H25NO2. The van der Waals surface area contributed by atoms with E-state index in [1.54, 1.807) is 4.90 Å². The van der Waals surface area contributed by atoms with Gasteiger partial charge in [0.2, 0.25) is 5.91 Å². The fourth-order valence-electron chi connectivity index (χ4n) is 2.94. The number of carbonyl (C=O) groups is 1. The molecule has 0 spiro atoms. The first-order valence-electron chi connectivity index (χ1n) is 7.49. The lowest BCUT2D eigenvalue weighted by Gasteiger charge is -2.35. The second kappa shape index (κ2) is 6.40. The van der Waals surface area contributed by atoms with Crippen molar-refractivity contribution in [3.05, 3.63) is 34.9 Å². The zero-order chi connectivity index (χ0) is 14.7. The zero-order valence-electron chi connectivity index (χ0n) is 12.7. The van der Waals surface area contributed by atoms with Crippen molar-refractivity contribution in [1.82, 2.24) is 4.90 Å². The number of aliphatic hydroxyl groups is 1. The summed E-state index contributed by atoms with van der Waals surface area (Å²) in [6.45, 7) is 4.14. The van der Waals surface area contributed by atoms with Crippen LogP contribution in [0.1, 0.15) is 42.4 Å². The van der Waals surface area contributed by atoms with Crippen LogP contribution in [0.2, 0.25) is 0 Å². The molecule has 0 aromatic heterocycles. The summed E-state index contributed by atoms with van der Waals surface area (Å²) in [6.07, 6.45) is 3.95. The summed E-state index contributed by atoms with van der Waals surface area (Å²) in [5.74, 6) is 0.0965. The van der Waals surface area contributed by atoms with Crippen LogP contribution < -0.4 is 0 Å². The largest absolute Gasteiger partial charge is 0.391 e. The van der Waals surface area contributed by atoms with E-state index in [9.17, 15) is 9.90 Å². The van der Waals surface area contributed by atoms with E-state index >= 15 is 0 Å². The van der Waals surface area contributed by atoms with Gasteiger partial charge in [-0.2, -0.15) is 0 Å². The van der Waals surface area contributed by atoms with Crippen molar-refractivity contribution >= 4 is 5.91 Å². The summed E-state index contributed by atoms with van der Waals surface area (Å²) in [5.41, 5.74) is 3.52. The van der Waals surface area contributed by atoms with Crippen molar-refractivity contribution in [1.29, 1.82) is 0 Å². The van der Waals surface area contributed by atoms with Crippen molar-refractivity contribution in [2.24, 2.45) is 0 Å². The van der Waals surface area contributed by atoms with Crippen molar-refractivity contribution in [3.63, 3.8) is 0 Å². The van der Waals surface area contributed by atoms with Crippen LogP contribution in [0.5, 0.6) is 0 Å². The first-order chi connectivity index (χ1) is 9.49. The fraction of sp³-hybridized carbons (Fsp3) is 0.588. The average Bonchev–Trinajstić information content (AvgIpc) is 2.42. The summed E-state index contributed by atoms with van der Waals surface area (Å²) in [4.78, 5) is 14.1. The third kappa shape index (κ3) is 3.40. The lowest BCUT2D eigenvalue weighted by Crippen LogP contribution is -2.46. The molecule has 3 nitrogen and oxygen atoms in total. The van der Waals surface area contributed by atoms with Gasteiger partial charge in [0.15, 0.2) is 0 Å². The molecule has 1 aromatic rings. The highest BCUT2D eigenvalue weighted by atomic mass is 16.3. The molecule has 1 fully saturated rings. The van der Waals surface area contributed by atoms with E-state index in [1.165, 1.54) is 11.1 Å². The first-order valence-corrected chi connectivity index (χ1v) is 7.49. The molecule has 0 saturated heterocycles. The van der Waals surface area contributed by atoms with E-state index in [2.05, 4.69) is 26.0 Å². The minimum Gasteiger partial charge on any atom is -0.391 e. The smallest absolute Gasteiger partial charge is 0.227 e. The Morgan fingerprint density at radius 2 is 1.95 bits per heavy atom. The van der Waals surface area contributed by atoms with Gasteiger partial charge in [-0.3, -0.25) is 4.79 Å². The number of nitrogens with zero attached hydrogens (tertiary/aromatic N) is 1. The Balaban J connectivity index is 2.01. The molecule has 0 aliphatic heterocycles. The molecule has 20 heavy (non-hydrogen) atoms. The van der Waals surface area contributed by atoms with Gasteiger partial charge >= 0.3 is 0 Å². The lowest BCUT2D eigenvalue weighted by molar-refractivity contribution is -0.134. The second-order valence-electron chi connectivity index (χ2n) is 6.02. The Labute approximate surface area is 121 Å². The Kier molecular flexibility index (Phi) is 4.81. The van der Waals surface area contributed by atoms with Crippen LogP contribution in [0.15, 0.2) is 18.2 Å². The van der Waals surface area contributed by atoms with Crippen LogP contribution in [0, 0.1) is 13.8 Å². The van der Waals surface area contributed by atoms with E-state index in [0.717, 1.165) is 31.2 Å². The fourth-order valence-corrected chi connectivity index (χ4v) is 2.94. The molecule has 1 saturated carbocycles. The van der Waals surface area contributed by atoms with Gasteiger partial charge in [0.05, 0.1) is 18.6 Å². The summed E-state index contributed by atoms with van der Waals surface area (Å²) in [6, 6.07) is 6.15. The second-order valence-corrected chi connectivity index (χ2v) is 6.02. The maximum absolute atomic E-state index is 12.4. The predicted octanol–water partition coefficient (Wildman–Crippen LogP) is 2.61. The highest BCUT2D eigenvalue weighted by molar-refractivity contribution is 5.79. The molecule has 1 aliphatic carbocycles. The molecule has 1 aromatic carbocycles. The lowest BCUT2D eigenvalue weighted by atomic mass is 9.91. The highest BCUT2D eigenvalue weighted by Gasteiger charge is 2.29. The van der Waals surface area contributed by atoms with E-state index in [0.29, 0.717) is 6.42 Å². The molecule has 1 aliphatic rings. The van der Waals surface area contributed by atoms with Crippen LogP contribution in [-0.2, 0) is 11.2 Å². The minimum absolute atomic E-state index is 0.0113. The number of hydrogen-bond acceptors (Lipinski definition) is 2. The first kappa shape index (κ1) is 15.0. The van der Waals surface area contributed by atoms with Crippen molar-refractivity contribution in [3.8, 4) is 0 Å². The molecule has 1 N–H and O–H groups in total. The van der Waals surface area contributed by atoms with Crippen molar-refractivity contribution in [2.75, 3.05) is 7.05 Å². The summed E-state index contributed by atoms with van der Waals surface area (Å²) in [7, 11) is 1.82. The Morgan fingerprint density at radius 1 is 1.25 bits per heavy atom. The molecular weight excluding hydrogens is 250 g/mol. The van der Waals surface area contributed by atoms with Crippen LogP contribution in [0.25, 0.3) is 0 Å². The van der Waals surface area contributed by atoms with Crippen LogP contribution in [0.3, 0.4) is 0 Å². The number of rotatable bonds is 3. The molecule has 2 atom stereocenters. The molecule has 2 unspecified atom stereocenters. The van der Waals surface area contributed by atoms with Gasteiger partial charge in [0, 0.05) is 7.05 Å². The zero-order valence-corrected chi connectivity index (χ0v) is 12.7. The highest BCUT2D eigenvalue weighted by Crippen LogP contribution is 2.23. The van der Waals surface area contributed by atoms with Gasteiger partial charge in [-0.05, 0) is 43.4 Å². The van der Waals surface area contributed by atoms with Crippen LogP contribution >= 0.6 is 0 Å². The van der Waals surface area contributed by atoms with E-state index in [1.807, 2.05) is 13.1 Å². The van der Waals surface area contributed by atoms with Gasteiger partial charge in [0.25, 0.3) is 0 Å². The van der Waals surface area contributed by atoms with Gasteiger partial charge in [-0.15, -0.1) is 0 Å². The maximum Gasteiger partial charge on any atom is 0.227 e. The standard InChI is InChI=1S/C17H25NO2/c1-12-8-9-14(10-13(12)2)11-17(20)18(3)15-6-4-5-7-16(15)19/h8-10,15-16,19H,4-7,11H2,1-3H3. The number of carbonyl (C=O) groups excluding carboxylic acids is 1. The van der Waals surface area contributed by atoms with Crippen molar-refractivity contribution in [2.45, 2.75) is 58.1 Å². The monoisotopic (exact) mass is 275 g/mol. The van der Waals surface area contributed by atoms with Crippen molar-refractivity contribution < 1.29 is 9.90 Å². The number of aryl methyl sites for hydroxylation is 2. The predicted molar refractivity (Wildman–Crippen MR) is 80.7 cm³/mol. The van der Waals surface area contributed by atoms with Gasteiger partial charge in [0.1, 0.15) is 0 Å². The average molecular weight is 275 g/mol. The summed E-state index contributed by atoms with van der Waals surface area (Å²) < 4.78 is 0. The molecule has 2 rings (SSSR count). The number of likely N-dealkylation sites (N-methyl/N-ethyl adjacent to an activating group) is 1. The Hall–Kier alpha value is -1.35. The number of benzene rings is 1. The SMILES string of the molecule is Cc1ccc(CC(=O)N(C)C2CCCCC2O)cc1C. The molecule has 1 amide bonds. The van der Waals surface area contributed by atoms with Crippen LogP contribution in [0.4, 0.5) is 0 Å². The summed E-state index contributed by atoms with van der Waals surface area (Å²) in [5, 5.41) is 10.0. The molecule has 110 valence electrons. The van der Waals surface area contributed by atoms with E-state index in [-0.39, 0.29) is 18.1 Å². The third-order valence-corrected chi connectivity index (χ3v) is 4.51. The Morgan fingerprint density at radius 3 is 2.60 bits per heavy atom. The summed E-state index contributed by atoms with van der Waals surface area (Å²) >= 11 is 0. The number of hydrogen-bond donors (Lipinski definition) is 1. The quantitative estimate of drug-likeness (QED) is 0.921. The van der Waals surface area contributed by atoms with E-state index in [4.69, 9.17) is 0 Å². The number of aliphatic hydroxyl groups excluding tert-OH is 1. The number of amides is 1. The Bertz CT molecular complexity index is 484. The molecule has 0 bridgehead atoms.